The van der Waals surface area contributed by atoms with Gasteiger partial charge in [0.25, 0.3) is 0 Å². The molecule has 0 amide bonds. The van der Waals surface area contributed by atoms with Gasteiger partial charge in [-0.2, -0.15) is 0 Å². The van der Waals surface area contributed by atoms with Crippen LogP contribution in [0.5, 0.6) is 5.75 Å². The van der Waals surface area contributed by atoms with Crippen LogP contribution >= 0.6 is 15.9 Å². The van der Waals surface area contributed by atoms with Crippen LogP contribution in [0.15, 0.2) is 50.1 Å². The standard InChI is InChI=1S/C15H11BrO4/c1-9-8-13(18)14(15(19)20-9)12(17)7-4-10-2-5-11(16)6-3-10/h2-8,18H,1H3. The first-order chi connectivity index (χ1) is 9.47. The average Bonchev–Trinajstić information content (AvgIpc) is 2.37. The molecule has 0 unspecified atom stereocenters. The second kappa shape index (κ2) is 5.88. The molecule has 0 spiro atoms. The Bertz CT molecular complexity index is 727. The Morgan fingerprint density at radius 1 is 1.30 bits per heavy atom. The van der Waals surface area contributed by atoms with Gasteiger partial charge in [0.05, 0.1) is 0 Å². The molecule has 20 heavy (non-hydrogen) atoms. The highest BCUT2D eigenvalue weighted by atomic mass is 79.9. The summed E-state index contributed by atoms with van der Waals surface area (Å²) in [6.45, 7) is 1.52. The number of rotatable bonds is 3. The Balaban J connectivity index is 2.29. The third-order valence-corrected chi connectivity index (χ3v) is 3.13. The monoisotopic (exact) mass is 334 g/mol. The molecule has 2 aromatic rings. The molecule has 1 N–H and O–H groups in total. The first-order valence-electron chi connectivity index (χ1n) is 5.79. The van der Waals surface area contributed by atoms with E-state index in [0.29, 0.717) is 0 Å². The van der Waals surface area contributed by atoms with Crippen LogP contribution in [0, 0.1) is 6.92 Å². The number of benzene rings is 1. The summed E-state index contributed by atoms with van der Waals surface area (Å²) in [7, 11) is 0. The lowest BCUT2D eigenvalue weighted by atomic mass is 10.1. The summed E-state index contributed by atoms with van der Waals surface area (Å²) in [6.07, 6.45) is 2.79. The van der Waals surface area contributed by atoms with Crippen LogP contribution in [0.25, 0.3) is 6.08 Å². The number of aromatic hydroxyl groups is 1. The van der Waals surface area contributed by atoms with Crippen LogP contribution in [-0.4, -0.2) is 10.9 Å². The quantitative estimate of drug-likeness (QED) is 0.690. The highest BCUT2D eigenvalue weighted by molar-refractivity contribution is 9.10. The van der Waals surface area contributed by atoms with E-state index in [2.05, 4.69) is 15.9 Å². The first kappa shape index (κ1) is 14.3. The van der Waals surface area contributed by atoms with Crippen molar-refractivity contribution in [1.29, 1.82) is 0 Å². The van der Waals surface area contributed by atoms with Crippen molar-refractivity contribution in [2.45, 2.75) is 6.92 Å². The number of carbonyl (C=O) groups is 1. The molecule has 0 atom stereocenters. The largest absolute Gasteiger partial charge is 0.507 e. The summed E-state index contributed by atoms with van der Waals surface area (Å²) in [6, 6.07) is 8.53. The Morgan fingerprint density at radius 3 is 2.55 bits per heavy atom. The van der Waals surface area contributed by atoms with E-state index in [0.717, 1.165) is 10.0 Å². The van der Waals surface area contributed by atoms with Crippen molar-refractivity contribution in [3.05, 3.63) is 68.2 Å². The zero-order valence-electron chi connectivity index (χ0n) is 10.6. The summed E-state index contributed by atoms with van der Waals surface area (Å²) in [5, 5.41) is 9.66. The normalized spacial score (nSPS) is 10.9. The molecule has 0 aliphatic heterocycles. The van der Waals surface area contributed by atoms with Crippen molar-refractivity contribution in [3.8, 4) is 5.75 Å². The van der Waals surface area contributed by atoms with Crippen molar-refractivity contribution in [1.82, 2.24) is 0 Å². The predicted molar refractivity (Wildman–Crippen MR) is 78.9 cm³/mol. The van der Waals surface area contributed by atoms with Crippen molar-refractivity contribution in [2.75, 3.05) is 0 Å². The molecular formula is C15H11BrO4. The van der Waals surface area contributed by atoms with Crippen LogP contribution < -0.4 is 5.63 Å². The first-order valence-corrected chi connectivity index (χ1v) is 6.58. The van der Waals surface area contributed by atoms with Crippen molar-refractivity contribution in [2.24, 2.45) is 0 Å². The lowest BCUT2D eigenvalue weighted by Crippen LogP contribution is -2.12. The minimum absolute atomic E-state index is 0.251. The van der Waals surface area contributed by atoms with Gasteiger partial charge in [0.1, 0.15) is 17.1 Å². The highest BCUT2D eigenvalue weighted by Crippen LogP contribution is 2.16. The molecule has 0 radical (unpaired) electrons. The fraction of sp³-hybridized carbons (Fsp3) is 0.0667. The molecule has 0 fully saturated rings. The summed E-state index contributed by atoms with van der Waals surface area (Å²) in [4.78, 5) is 23.5. The van der Waals surface area contributed by atoms with Gasteiger partial charge in [-0.15, -0.1) is 0 Å². The van der Waals surface area contributed by atoms with E-state index in [-0.39, 0.29) is 17.1 Å². The van der Waals surface area contributed by atoms with Gasteiger partial charge >= 0.3 is 5.63 Å². The molecule has 102 valence electrons. The van der Waals surface area contributed by atoms with E-state index in [1.165, 1.54) is 19.1 Å². The number of aryl methyl sites for hydroxylation is 1. The van der Waals surface area contributed by atoms with Crippen molar-refractivity contribution >= 4 is 27.8 Å². The van der Waals surface area contributed by atoms with Crippen LogP contribution in [0.4, 0.5) is 0 Å². The van der Waals surface area contributed by atoms with E-state index in [4.69, 9.17) is 4.42 Å². The van der Waals surface area contributed by atoms with E-state index in [9.17, 15) is 14.7 Å². The van der Waals surface area contributed by atoms with Crippen molar-refractivity contribution in [3.63, 3.8) is 0 Å². The fourth-order valence-electron chi connectivity index (χ4n) is 1.65. The van der Waals surface area contributed by atoms with E-state index in [1.807, 2.05) is 24.3 Å². The van der Waals surface area contributed by atoms with E-state index >= 15 is 0 Å². The fourth-order valence-corrected chi connectivity index (χ4v) is 1.92. The summed E-state index contributed by atoms with van der Waals surface area (Å²) in [5.41, 5.74) is -0.394. The number of hydrogen-bond acceptors (Lipinski definition) is 4. The lowest BCUT2D eigenvalue weighted by Gasteiger charge is -2.00. The van der Waals surface area contributed by atoms with Crippen LogP contribution in [0.3, 0.4) is 0 Å². The maximum atomic E-state index is 11.9. The minimum atomic E-state index is -0.840. The van der Waals surface area contributed by atoms with Gasteiger partial charge in [-0.05, 0) is 30.7 Å². The zero-order chi connectivity index (χ0) is 14.7. The number of halogens is 1. The maximum absolute atomic E-state index is 11.9. The zero-order valence-corrected chi connectivity index (χ0v) is 12.2. The molecule has 0 saturated heterocycles. The molecular weight excluding hydrogens is 324 g/mol. The lowest BCUT2D eigenvalue weighted by molar-refractivity contribution is 0.104. The Kier molecular flexibility index (Phi) is 4.20. The molecule has 0 aliphatic carbocycles. The predicted octanol–water partition coefficient (Wildman–Crippen LogP) is 3.31. The van der Waals surface area contributed by atoms with Gasteiger partial charge in [0, 0.05) is 10.5 Å². The number of allylic oxidation sites excluding steroid dienone is 1. The number of ketones is 1. The Labute approximate surface area is 123 Å². The highest BCUT2D eigenvalue weighted by Gasteiger charge is 2.15. The number of carbonyl (C=O) groups excluding carboxylic acids is 1. The van der Waals surface area contributed by atoms with Crippen molar-refractivity contribution < 1.29 is 14.3 Å². The molecule has 5 heteroatoms. The summed E-state index contributed by atoms with van der Waals surface area (Å²) >= 11 is 3.31. The van der Waals surface area contributed by atoms with Gasteiger partial charge in [-0.25, -0.2) is 4.79 Å². The third-order valence-electron chi connectivity index (χ3n) is 2.60. The molecule has 0 bridgehead atoms. The molecule has 0 saturated carbocycles. The molecule has 2 rings (SSSR count). The molecule has 0 aliphatic rings. The maximum Gasteiger partial charge on any atom is 0.351 e. The smallest absolute Gasteiger partial charge is 0.351 e. The molecule has 1 aromatic heterocycles. The second-order valence-electron chi connectivity index (χ2n) is 4.15. The minimum Gasteiger partial charge on any atom is -0.507 e. The topological polar surface area (TPSA) is 67.5 Å². The third kappa shape index (κ3) is 3.24. The summed E-state index contributed by atoms with van der Waals surface area (Å²) < 4.78 is 5.73. The van der Waals surface area contributed by atoms with Gasteiger partial charge in [0.2, 0.25) is 0 Å². The molecule has 1 heterocycles. The Hall–Kier alpha value is -2.14. The van der Waals surface area contributed by atoms with Gasteiger partial charge in [-0.3, -0.25) is 4.79 Å². The van der Waals surface area contributed by atoms with Crippen LogP contribution in [-0.2, 0) is 0 Å². The van der Waals surface area contributed by atoms with Gasteiger partial charge in [-0.1, -0.05) is 34.1 Å². The number of hydrogen-bond donors (Lipinski definition) is 1. The van der Waals surface area contributed by atoms with Crippen LogP contribution in [0.2, 0.25) is 0 Å². The average molecular weight is 335 g/mol. The molecule has 4 nitrogen and oxygen atoms in total. The SMILES string of the molecule is Cc1cc(O)c(C(=O)C=Cc2ccc(Br)cc2)c(=O)o1. The van der Waals surface area contributed by atoms with Gasteiger partial charge in [0.15, 0.2) is 5.78 Å². The van der Waals surface area contributed by atoms with E-state index in [1.54, 1.807) is 6.08 Å². The molecule has 1 aromatic carbocycles. The van der Waals surface area contributed by atoms with Crippen LogP contribution in [0.1, 0.15) is 21.7 Å². The Morgan fingerprint density at radius 2 is 1.95 bits per heavy atom. The second-order valence-corrected chi connectivity index (χ2v) is 5.07. The van der Waals surface area contributed by atoms with Gasteiger partial charge < -0.3 is 9.52 Å². The van der Waals surface area contributed by atoms with E-state index < -0.39 is 11.4 Å². The summed E-state index contributed by atoms with van der Waals surface area (Å²) in [5.74, 6) is -0.718.